The average Bonchev–Trinajstić information content (AvgIpc) is 3.98. The molecule has 0 radical (unpaired) electrons. The SMILES string of the molecule is COc1cc2c(cc1-c1c(C)noc1C)ncc1c2n(C(C)c2ccccn2)c(=O)n1CC(=O)NCCNC(=O)CC1N=C(c2ccc(Cl)cc2)c2c(sc(C)c2C)-n2c(C)nnc21. The highest BCUT2D eigenvalue weighted by Gasteiger charge is 2.33. The number of hydrogen-bond donors (Lipinski definition) is 2. The lowest BCUT2D eigenvalue weighted by Crippen LogP contribution is -2.38. The second kappa shape index (κ2) is 17.0. The Balaban J connectivity index is 0.954. The molecular formula is C46H44ClN11O5S. The van der Waals surface area contributed by atoms with E-state index < -0.39 is 23.7 Å². The molecule has 0 bridgehead atoms. The molecule has 0 aliphatic carbocycles. The second-order valence-electron chi connectivity index (χ2n) is 15.7. The van der Waals surface area contributed by atoms with E-state index in [1.165, 1.54) is 4.57 Å². The number of halogens is 1. The van der Waals surface area contributed by atoms with Crippen molar-refractivity contribution < 1.29 is 18.8 Å². The van der Waals surface area contributed by atoms with Crippen LogP contribution in [0.2, 0.25) is 5.02 Å². The number of carbonyl (C=O) groups excluding carboxylic acids is 2. The number of thiophene rings is 1. The lowest BCUT2D eigenvalue weighted by Gasteiger charge is -2.15. The molecule has 2 atom stereocenters. The number of hydrogen-bond acceptors (Lipinski definition) is 12. The number of benzene rings is 2. The van der Waals surface area contributed by atoms with Gasteiger partial charge in [0.2, 0.25) is 11.8 Å². The first-order chi connectivity index (χ1) is 30.8. The van der Waals surface area contributed by atoms with Crippen molar-refractivity contribution in [3.8, 4) is 21.9 Å². The van der Waals surface area contributed by atoms with Gasteiger partial charge in [-0.05, 0) is 83.5 Å². The van der Waals surface area contributed by atoms with Crippen LogP contribution in [0.3, 0.4) is 0 Å². The zero-order valence-corrected chi connectivity index (χ0v) is 37.8. The van der Waals surface area contributed by atoms with Gasteiger partial charge >= 0.3 is 5.69 Å². The van der Waals surface area contributed by atoms with E-state index in [1.54, 1.807) is 35.4 Å². The number of pyridine rings is 2. The highest BCUT2D eigenvalue weighted by atomic mass is 35.5. The van der Waals surface area contributed by atoms with Crippen LogP contribution in [0.5, 0.6) is 5.75 Å². The van der Waals surface area contributed by atoms with Gasteiger partial charge in [-0.3, -0.25) is 38.3 Å². The number of methoxy groups -OCH3 is 1. The molecule has 2 N–H and O–H groups in total. The van der Waals surface area contributed by atoms with E-state index in [4.69, 9.17) is 30.8 Å². The third-order valence-corrected chi connectivity index (χ3v) is 13.2. The number of amides is 2. The first-order valence-electron chi connectivity index (χ1n) is 20.7. The largest absolute Gasteiger partial charge is 0.496 e. The molecule has 1 aliphatic heterocycles. The Bertz CT molecular complexity index is 3200. The standard InChI is InChI=1S/C46H44ClN11O5S/c1-23-27(5)64-45-40(23)42(29-11-13-30(47)14-12-29)52-35(44-54-53-28(6)58(44)45)20-38(59)49-16-17-50-39(60)22-56-36-21-51-34-18-32(41-24(2)55-63-26(41)4)37(62-7)19-31(34)43(36)57(46(56)61)25(3)33-10-8-9-15-48-33/h8-15,18-19,21,25,35H,16-17,20,22H2,1-7H3,(H,49,59)(H,50,60). The summed E-state index contributed by atoms with van der Waals surface area (Å²) in [6.45, 7) is 11.6. The lowest BCUT2D eigenvalue weighted by molar-refractivity contribution is -0.123. The quantitative estimate of drug-likeness (QED) is 0.120. The molecule has 16 nitrogen and oxygen atoms in total. The fraction of sp³-hybridized carbons (Fsp3) is 0.283. The maximum Gasteiger partial charge on any atom is 0.330 e. The summed E-state index contributed by atoms with van der Waals surface area (Å²) in [5.74, 6) is 1.73. The zero-order valence-electron chi connectivity index (χ0n) is 36.2. The Hall–Kier alpha value is -6.98. The van der Waals surface area contributed by atoms with Gasteiger partial charge in [-0.1, -0.05) is 35.0 Å². The molecule has 2 amide bonds. The molecule has 8 aromatic rings. The van der Waals surface area contributed by atoms with Crippen molar-refractivity contribution in [2.75, 3.05) is 20.2 Å². The highest BCUT2D eigenvalue weighted by molar-refractivity contribution is 7.15. The first-order valence-corrected chi connectivity index (χ1v) is 21.9. The molecule has 9 rings (SSSR count). The van der Waals surface area contributed by atoms with Crippen molar-refractivity contribution in [2.45, 2.75) is 66.6 Å². The minimum Gasteiger partial charge on any atom is -0.496 e. The summed E-state index contributed by atoms with van der Waals surface area (Å²) in [7, 11) is 1.58. The molecule has 64 heavy (non-hydrogen) atoms. The van der Waals surface area contributed by atoms with Crippen LogP contribution in [0.25, 0.3) is 38.1 Å². The van der Waals surface area contributed by atoms with Gasteiger partial charge in [0.15, 0.2) is 5.82 Å². The van der Waals surface area contributed by atoms with E-state index in [2.05, 4.69) is 44.8 Å². The van der Waals surface area contributed by atoms with E-state index >= 15 is 0 Å². The van der Waals surface area contributed by atoms with Crippen LogP contribution < -0.4 is 21.1 Å². The number of aromatic nitrogens is 8. The van der Waals surface area contributed by atoms with Crippen molar-refractivity contribution in [2.24, 2.45) is 4.99 Å². The van der Waals surface area contributed by atoms with Crippen LogP contribution in [0.15, 0.2) is 81.3 Å². The fourth-order valence-electron chi connectivity index (χ4n) is 8.46. The van der Waals surface area contributed by atoms with Crippen molar-refractivity contribution in [1.29, 1.82) is 0 Å². The molecule has 18 heteroatoms. The maximum absolute atomic E-state index is 14.5. The van der Waals surface area contributed by atoms with Crippen LogP contribution in [0.4, 0.5) is 0 Å². The summed E-state index contributed by atoms with van der Waals surface area (Å²) in [5, 5.41) is 21.0. The zero-order chi connectivity index (χ0) is 45.0. The Morgan fingerprint density at radius 1 is 0.969 bits per heavy atom. The molecule has 1 aliphatic rings. The number of imidazole rings is 1. The van der Waals surface area contributed by atoms with Gasteiger partial charge in [0.25, 0.3) is 0 Å². The number of aryl methyl sites for hydroxylation is 4. The predicted molar refractivity (Wildman–Crippen MR) is 245 cm³/mol. The van der Waals surface area contributed by atoms with E-state index in [0.29, 0.717) is 61.5 Å². The van der Waals surface area contributed by atoms with E-state index in [9.17, 15) is 14.4 Å². The normalized spacial score (nSPS) is 13.9. The van der Waals surface area contributed by atoms with Gasteiger partial charge in [0.05, 0.1) is 65.0 Å². The number of ether oxygens (including phenoxy) is 1. The fourth-order valence-corrected chi connectivity index (χ4v) is 9.80. The van der Waals surface area contributed by atoms with Crippen molar-refractivity contribution in [3.63, 3.8) is 0 Å². The van der Waals surface area contributed by atoms with Gasteiger partial charge < -0.3 is 19.9 Å². The summed E-state index contributed by atoms with van der Waals surface area (Å²) in [5.41, 5.74) is 7.83. The third-order valence-electron chi connectivity index (χ3n) is 11.7. The number of fused-ring (bicyclic) bond motifs is 6. The van der Waals surface area contributed by atoms with Crippen molar-refractivity contribution >= 4 is 62.4 Å². The lowest BCUT2D eigenvalue weighted by atomic mass is 9.99. The molecule has 2 unspecified atom stereocenters. The maximum atomic E-state index is 14.5. The Morgan fingerprint density at radius 2 is 1.73 bits per heavy atom. The summed E-state index contributed by atoms with van der Waals surface area (Å²) < 4.78 is 16.4. The minimum absolute atomic E-state index is 0.00902. The van der Waals surface area contributed by atoms with Gasteiger partial charge in [0.1, 0.15) is 34.9 Å². The van der Waals surface area contributed by atoms with E-state index in [0.717, 1.165) is 43.4 Å². The number of nitrogens with one attached hydrogen (secondary N) is 2. The Labute approximate surface area is 376 Å². The van der Waals surface area contributed by atoms with Crippen LogP contribution in [-0.2, 0) is 16.1 Å². The molecule has 326 valence electrons. The highest BCUT2D eigenvalue weighted by Crippen LogP contribution is 2.41. The molecule has 6 aromatic heterocycles. The summed E-state index contributed by atoms with van der Waals surface area (Å²) >= 11 is 7.90. The predicted octanol–water partition coefficient (Wildman–Crippen LogP) is 7.07. The Morgan fingerprint density at radius 3 is 2.44 bits per heavy atom. The third kappa shape index (κ3) is 7.43. The van der Waals surface area contributed by atoms with Crippen LogP contribution >= 0.6 is 22.9 Å². The molecular weight excluding hydrogens is 854 g/mol. The average molecular weight is 898 g/mol. The number of nitrogens with zero attached hydrogens (tertiary/aromatic N) is 9. The molecule has 7 heterocycles. The summed E-state index contributed by atoms with van der Waals surface area (Å²) in [4.78, 5) is 57.3. The molecule has 2 aromatic carbocycles. The van der Waals surface area contributed by atoms with Crippen LogP contribution in [0.1, 0.15) is 75.8 Å². The van der Waals surface area contributed by atoms with E-state index in [-0.39, 0.29) is 32.0 Å². The van der Waals surface area contributed by atoms with Crippen molar-refractivity contribution in [3.05, 3.63) is 133 Å². The molecule has 0 saturated carbocycles. The monoisotopic (exact) mass is 897 g/mol. The van der Waals surface area contributed by atoms with Gasteiger partial charge in [0, 0.05) is 51.3 Å². The van der Waals surface area contributed by atoms with Crippen LogP contribution in [0, 0.1) is 34.6 Å². The number of aliphatic imine (C=N–C) groups is 1. The van der Waals surface area contributed by atoms with Crippen molar-refractivity contribution in [1.82, 2.24) is 49.7 Å². The molecule has 0 fully saturated rings. The summed E-state index contributed by atoms with van der Waals surface area (Å²) in [6, 6.07) is 15.6. The smallest absolute Gasteiger partial charge is 0.330 e. The molecule has 0 saturated heterocycles. The first kappa shape index (κ1) is 42.3. The Kier molecular flexibility index (Phi) is 11.2. The summed E-state index contributed by atoms with van der Waals surface area (Å²) in [6.07, 6.45) is 3.28. The topological polar surface area (TPSA) is 189 Å². The second-order valence-corrected chi connectivity index (χ2v) is 17.4. The molecule has 0 spiro atoms. The van der Waals surface area contributed by atoms with Gasteiger partial charge in [-0.2, -0.15) is 0 Å². The van der Waals surface area contributed by atoms with Gasteiger partial charge in [-0.25, -0.2) is 4.79 Å². The number of carbonyl (C=O) groups is 2. The minimum atomic E-state index is -0.648. The van der Waals surface area contributed by atoms with Crippen LogP contribution in [-0.4, -0.2) is 76.7 Å². The van der Waals surface area contributed by atoms with Gasteiger partial charge in [-0.15, -0.1) is 21.5 Å². The number of rotatable bonds is 12. The van der Waals surface area contributed by atoms with E-state index in [1.807, 2.05) is 86.9 Å².